The second kappa shape index (κ2) is 4.11. The van der Waals surface area contributed by atoms with Crippen molar-refractivity contribution in [1.29, 1.82) is 0 Å². The summed E-state index contributed by atoms with van der Waals surface area (Å²) >= 11 is 0. The van der Waals surface area contributed by atoms with Crippen LogP contribution in [0.25, 0.3) is 5.65 Å². The highest BCUT2D eigenvalue weighted by Gasteiger charge is 2.07. The third-order valence-corrected chi connectivity index (χ3v) is 1.86. The lowest BCUT2D eigenvalue weighted by Crippen LogP contribution is -2.12. The Balaban J connectivity index is 2.20. The average molecular weight is 223 g/mol. The maximum atomic E-state index is 10.2. The van der Waals surface area contributed by atoms with E-state index in [1.165, 1.54) is 6.20 Å². The first-order chi connectivity index (χ1) is 7.68. The summed E-state index contributed by atoms with van der Waals surface area (Å²) < 4.78 is 1.71. The van der Waals surface area contributed by atoms with Gasteiger partial charge in [0, 0.05) is 12.4 Å². The topological polar surface area (TPSA) is 102 Å². The minimum absolute atomic E-state index is 0.323. The van der Waals surface area contributed by atoms with E-state index in [9.17, 15) is 4.79 Å². The van der Waals surface area contributed by atoms with E-state index in [1.54, 1.807) is 17.5 Å². The monoisotopic (exact) mass is 223 g/mol. The van der Waals surface area contributed by atoms with Crippen molar-refractivity contribution in [3.8, 4) is 0 Å². The lowest BCUT2D eigenvalue weighted by atomic mass is 10.6. The Labute approximate surface area is 89.8 Å². The van der Waals surface area contributed by atoms with Gasteiger partial charge in [-0.25, -0.2) is 15.3 Å². The van der Waals surface area contributed by atoms with E-state index >= 15 is 0 Å². The second-order valence-electron chi connectivity index (χ2n) is 3.00. The van der Waals surface area contributed by atoms with Crippen molar-refractivity contribution in [3.63, 3.8) is 0 Å². The van der Waals surface area contributed by atoms with Crippen molar-refractivity contribution < 1.29 is 14.7 Å². The minimum Gasteiger partial charge on any atom is -0.479 e. The molecule has 0 radical (unpaired) electrons. The van der Waals surface area contributed by atoms with Gasteiger partial charge in [-0.2, -0.15) is 0 Å². The van der Waals surface area contributed by atoms with Crippen LogP contribution >= 0.6 is 0 Å². The van der Waals surface area contributed by atoms with Gasteiger partial charge < -0.3 is 5.11 Å². The van der Waals surface area contributed by atoms with Crippen molar-refractivity contribution in [2.24, 2.45) is 0 Å². The number of carboxylic acids is 1. The highest BCUT2D eigenvalue weighted by atomic mass is 16.7. The van der Waals surface area contributed by atoms with Crippen LogP contribution in [0, 0.1) is 6.92 Å². The molecule has 8 heteroatoms. The molecule has 0 aliphatic rings. The smallest absolute Gasteiger partial charge is 0.332 e. The zero-order valence-electron chi connectivity index (χ0n) is 8.41. The molecule has 0 spiro atoms. The average Bonchev–Trinajstić information content (AvgIpc) is 2.61. The van der Waals surface area contributed by atoms with Gasteiger partial charge >= 0.3 is 5.97 Å². The molecule has 0 aliphatic carbocycles. The van der Waals surface area contributed by atoms with Gasteiger partial charge in [0.1, 0.15) is 5.82 Å². The maximum absolute atomic E-state index is 10.2. The first kappa shape index (κ1) is 10.3. The van der Waals surface area contributed by atoms with Gasteiger partial charge in [-0.05, 0) is 6.92 Å². The molecule has 0 saturated carbocycles. The van der Waals surface area contributed by atoms with E-state index in [0.29, 0.717) is 17.3 Å². The zero-order valence-corrected chi connectivity index (χ0v) is 8.41. The van der Waals surface area contributed by atoms with Gasteiger partial charge in [0.15, 0.2) is 12.4 Å². The van der Waals surface area contributed by atoms with Crippen LogP contribution in [0.15, 0.2) is 12.4 Å². The third kappa shape index (κ3) is 1.91. The molecular formula is C8H9N5O3. The number of aliphatic carboxylic acids is 1. The number of aryl methyl sites for hydroxylation is 1. The van der Waals surface area contributed by atoms with Crippen LogP contribution < -0.4 is 5.48 Å². The molecule has 0 aromatic carbocycles. The van der Waals surface area contributed by atoms with E-state index in [4.69, 9.17) is 9.94 Å². The zero-order chi connectivity index (χ0) is 11.5. The fraction of sp³-hybridized carbons (Fsp3) is 0.250. The predicted octanol–water partition coefficient (Wildman–Crippen LogP) is -0.139. The van der Waals surface area contributed by atoms with Crippen molar-refractivity contribution in [2.75, 3.05) is 12.1 Å². The van der Waals surface area contributed by atoms with Crippen LogP contribution in [0.1, 0.15) is 5.82 Å². The molecule has 2 aromatic heterocycles. The number of rotatable bonds is 4. The summed E-state index contributed by atoms with van der Waals surface area (Å²) in [6, 6.07) is 0. The Morgan fingerprint density at radius 2 is 2.44 bits per heavy atom. The SMILES string of the molecule is Cc1nnc2c(NOCC(=O)O)nccn12. The lowest BCUT2D eigenvalue weighted by Gasteiger charge is -2.04. The largest absolute Gasteiger partial charge is 0.479 e. The Hall–Kier alpha value is -2.22. The molecule has 84 valence electrons. The number of hydrogen-bond donors (Lipinski definition) is 2. The Morgan fingerprint density at radius 1 is 1.62 bits per heavy atom. The molecule has 0 aliphatic heterocycles. The van der Waals surface area contributed by atoms with E-state index in [2.05, 4.69) is 20.7 Å². The summed E-state index contributed by atoms with van der Waals surface area (Å²) in [5, 5.41) is 16.1. The summed E-state index contributed by atoms with van der Waals surface area (Å²) in [7, 11) is 0. The molecule has 0 saturated heterocycles. The highest BCUT2D eigenvalue weighted by Crippen LogP contribution is 2.11. The summed E-state index contributed by atoms with van der Waals surface area (Å²) in [5.74, 6) is -0.0415. The number of aromatic nitrogens is 4. The van der Waals surface area contributed by atoms with E-state index in [-0.39, 0.29) is 0 Å². The number of hydrogen-bond acceptors (Lipinski definition) is 6. The van der Waals surface area contributed by atoms with E-state index in [0.717, 1.165) is 0 Å². The lowest BCUT2D eigenvalue weighted by molar-refractivity contribution is -0.141. The summed E-state index contributed by atoms with van der Waals surface area (Å²) in [6.07, 6.45) is 3.24. The van der Waals surface area contributed by atoms with E-state index in [1.807, 2.05) is 0 Å². The van der Waals surface area contributed by atoms with Gasteiger partial charge in [-0.1, -0.05) is 0 Å². The first-order valence-electron chi connectivity index (χ1n) is 4.44. The van der Waals surface area contributed by atoms with Crippen LogP contribution in [-0.2, 0) is 9.63 Å². The van der Waals surface area contributed by atoms with Crippen LogP contribution in [0.3, 0.4) is 0 Å². The quantitative estimate of drug-likeness (QED) is 0.695. The molecule has 0 atom stereocenters. The Bertz CT molecular complexity index is 523. The molecule has 2 heterocycles. The first-order valence-corrected chi connectivity index (χ1v) is 4.44. The van der Waals surface area contributed by atoms with Gasteiger partial charge in [-0.15, -0.1) is 10.2 Å². The number of nitrogens with one attached hydrogen (secondary N) is 1. The molecule has 0 bridgehead atoms. The molecule has 16 heavy (non-hydrogen) atoms. The number of fused-ring (bicyclic) bond motifs is 1. The summed E-state index contributed by atoms with van der Waals surface area (Å²) in [6.45, 7) is 1.33. The predicted molar refractivity (Wildman–Crippen MR) is 52.7 cm³/mol. The number of anilines is 1. The fourth-order valence-corrected chi connectivity index (χ4v) is 1.18. The van der Waals surface area contributed by atoms with E-state index < -0.39 is 12.6 Å². The summed E-state index contributed by atoms with van der Waals surface area (Å²) in [4.78, 5) is 18.9. The molecule has 0 amide bonds. The standard InChI is InChI=1S/C8H9N5O3/c1-5-10-11-8-7(9-2-3-13(5)8)12-16-4-6(14)15/h2-3H,4H2,1H3,(H,9,12)(H,14,15). The van der Waals surface area contributed by atoms with Gasteiger partial charge in [-0.3, -0.25) is 9.24 Å². The second-order valence-corrected chi connectivity index (χ2v) is 3.00. The van der Waals surface area contributed by atoms with Gasteiger partial charge in [0.2, 0.25) is 5.65 Å². The molecule has 2 N–H and O–H groups in total. The van der Waals surface area contributed by atoms with Crippen molar-refractivity contribution in [1.82, 2.24) is 19.6 Å². The van der Waals surface area contributed by atoms with Crippen LogP contribution in [-0.4, -0.2) is 37.3 Å². The fourth-order valence-electron chi connectivity index (χ4n) is 1.18. The van der Waals surface area contributed by atoms with Crippen molar-refractivity contribution >= 4 is 17.4 Å². The molecular weight excluding hydrogens is 214 g/mol. The number of nitrogens with zero attached hydrogens (tertiary/aromatic N) is 4. The molecule has 2 aromatic rings. The molecule has 8 nitrogen and oxygen atoms in total. The van der Waals surface area contributed by atoms with Crippen LogP contribution in [0.4, 0.5) is 5.82 Å². The van der Waals surface area contributed by atoms with Gasteiger partial charge in [0.25, 0.3) is 0 Å². The van der Waals surface area contributed by atoms with Crippen molar-refractivity contribution in [2.45, 2.75) is 6.92 Å². The maximum Gasteiger partial charge on any atom is 0.332 e. The van der Waals surface area contributed by atoms with Crippen molar-refractivity contribution in [3.05, 3.63) is 18.2 Å². The normalized spacial score (nSPS) is 10.6. The summed E-state index contributed by atoms with van der Waals surface area (Å²) in [5.41, 5.74) is 2.89. The third-order valence-electron chi connectivity index (χ3n) is 1.86. The van der Waals surface area contributed by atoms with Crippen LogP contribution in [0.5, 0.6) is 0 Å². The minimum atomic E-state index is -1.07. The molecule has 0 unspecified atom stereocenters. The van der Waals surface area contributed by atoms with Crippen LogP contribution in [0.2, 0.25) is 0 Å². The number of carboxylic acid groups (broad SMARTS) is 1. The molecule has 2 rings (SSSR count). The Kier molecular flexibility index (Phi) is 2.64. The Morgan fingerprint density at radius 3 is 3.19 bits per heavy atom. The molecule has 0 fully saturated rings. The highest BCUT2D eigenvalue weighted by molar-refractivity contribution is 5.68. The number of carbonyl (C=O) groups is 1. The van der Waals surface area contributed by atoms with Gasteiger partial charge in [0.05, 0.1) is 0 Å².